The summed E-state index contributed by atoms with van der Waals surface area (Å²) in [6.07, 6.45) is 0.201. The molecule has 0 saturated carbocycles. The molecule has 0 radical (unpaired) electrons. The number of fused-ring (bicyclic) bond motifs is 1. The number of hydrogen-bond donors (Lipinski definition) is 0. The minimum absolute atomic E-state index is 0.0244. The van der Waals surface area contributed by atoms with Crippen LogP contribution in [0.25, 0.3) is 0 Å². The van der Waals surface area contributed by atoms with Crippen molar-refractivity contribution >= 4 is 23.7 Å². The van der Waals surface area contributed by atoms with Gasteiger partial charge in [0.2, 0.25) is 0 Å². The molecule has 0 aromatic heterocycles. The first-order valence-corrected chi connectivity index (χ1v) is 9.41. The van der Waals surface area contributed by atoms with E-state index in [4.69, 9.17) is 9.47 Å². The lowest BCUT2D eigenvalue weighted by atomic mass is 10.1. The van der Waals surface area contributed by atoms with E-state index in [9.17, 15) is 19.2 Å². The van der Waals surface area contributed by atoms with Gasteiger partial charge in [0.25, 0.3) is 17.7 Å². The molecule has 2 atom stereocenters. The number of ether oxygens (including phenoxy) is 2. The molecule has 2 heterocycles. The van der Waals surface area contributed by atoms with Crippen molar-refractivity contribution in [1.29, 1.82) is 0 Å². The van der Waals surface area contributed by atoms with E-state index in [1.54, 1.807) is 29.2 Å². The summed E-state index contributed by atoms with van der Waals surface area (Å²) >= 11 is 0. The molecule has 1 fully saturated rings. The van der Waals surface area contributed by atoms with Crippen molar-refractivity contribution in [3.05, 3.63) is 35.4 Å². The zero-order valence-corrected chi connectivity index (χ0v) is 16.1. The van der Waals surface area contributed by atoms with E-state index >= 15 is 0 Å². The maximum Gasteiger partial charge on any atom is 0.306 e. The normalized spacial score (nSPS) is 21.6. The second-order valence-corrected chi connectivity index (χ2v) is 7.13. The van der Waals surface area contributed by atoms with Gasteiger partial charge in [-0.25, -0.2) is 0 Å². The van der Waals surface area contributed by atoms with E-state index in [2.05, 4.69) is 0 Å². The lowest BCUT2D eigenvalue weighted by Gasteiger charge is -2.35. The molecule has 8 heteroatoms. The topological polar surface area (TPSA) is 93.2 Å². The van der Waals surface area contributed by atoms with E-state index in [-0.39, 0.29) is 55.9 Å². The van der Waals surface area contributed by atoms with Crippen LogP contribution in [0, 0.1) is 0 Å². The van der Waals surface area contributed by atoms with Crippen LogP contribution in [0.3, 0.4) is 0 Å². The molecule has 0 bridgehead atoms. The van der Waals surface area contributed by atoms with Crippen LogP contribution in [0.2, 0.25) is 0 Å². The molecule has 1 saturated heterocycles. The van der Waals surface area contributed by atoms with Gasteiger partial charge in [-0.1, -0.05) is 12.1 Å². The summed E-state index contributed by atoms with van der Waals surface area (Å²) in [4.78, 5) is 51.4. The molecule has 1 aromatic rings. The fraction of sp³-hybridized carbons (Fsp3) is 0.500. The summed E-state index contributed by atoms with van der Waals surface area (Å²) in [5.41, 5.74) is 0.768. The third-order valence-electron chi connectivity index (χ3n) is 4.77. The van der Waals surface area contributed by atoms with E-state index in [1.165, 1.54) is 0 Å². The second kappa shape index (κ2) is 8.52. The van der Waals surface area contributed by atoms with Crippen LogP contribution in [0.4, 0.5) is 0 Å². The van der Waals surface area contributed by atoms with Crippen molar-refractivity contribution in [2.75, 3.05) is 26.2 Å². The highest BCUT2D eigenvalue weighted by Crippen LogP contribution is 2.22. The van der Waals surface area contributed by atoms with Crippen LogP contribution in [-0.2, 0) is 19.1 Å². The molecular weight excluding hydrogens is 364 g/mol. The Morgan fingerprint density at radius 1 is 1.07 bits per heavy atom. The Hall–Kier alpha value is -2.74. The van der Waals surface area contributed by atoms with Gasteiger partial charge < -0.3 is 14.4 Å². The Bertz CT molecular complexity index is 748. The Labute approximate surface area is 163 Å². The fourth-order valence-electron chi connectivity index (χ4n) is 3.51. The van der Waals surface area contributed by atoms with Gasteiger partial charge in [0.15, 0.2) is 6.61 Å². The van der Waals surface area contributed by atoms with Crippen LogP contribution < -0.4 is 0 Å². The van der Waals surface area contributed by atoms with Crippen LogP contribution in [0.1, 0.15) is 47.4 Å². The first-order chi connectivity index (χ1) is 13.4. The quantitative estimate of drug-likeness (QED) is 0.538. The maximum absolute atomic E-state index is 12.3. The molecule has 3 rings (SSSR count). The highest BCUT2D eigenvalue weighted by Gasteiger charge is 2.34. The van der Waals surface area contributed by atoms with Gasteiger partial charge in [-0.3, -0.25) is 24.1 Å². The van der Waals surface area contributed by atoms with E-state index in [0.717, 1.165) is 4.90 Å². The number of rotatable bonds is 6. The SMILES string of the molecule is C[C@@H]1CN(C(=O)COC(=O)CCCN2C(=O)c3ccccc3C2=O)C[C@@H](C)O1. The van der Waals surface area contributed by atoms with Gasteiger partial charge in [0.05, 0.1) is 23.3 Å². The van der Waals surface area contributed by atoms with Crippen molar-refractivity contribution < 1.29 is 28.7 Å². The molecule has 0 aliphatic carbocycles. The van der Waals surface area contributed by atoms with Crippen molar-refractivity contribution in [2.24, 2.45) is 0 Å². The monoisotopic (exact) mass is 388 g/mol. The summed E-state index contributed by atoms with van der Waals surface area (Å²) in [6, 6.07) is 6.64. The van der Waals surface area contributed by atoms with E-state index in [0.29, 0.717) is 24.2 Å². The molecule has 28 heavy (non-hydrogen) atoms. The molecule has 2 aliphatic rings. The zero-order valence-electron chi connectivity index (χ0n) is 16.1. The highest BCUT2D eigenvalue weighted by atomic mass is 16.5. The minimum atomic E-state index is -0.528. The van der Waals surface area contributed by atoms with Crippen LogP contribution in [0.5, 0.6) is 0 Å². The van der Waals surface area contributed by atoms with Gasteiger partial charge in [-0.2, -0.15) is 0 Å². The Morgan fingerprint density at radius 2 is 1.64 bits per heavy atom. The van der Waals surface area contributed by atoms with Gasteiger partial charge in [0.1, 0.15) is 0 Å². The summed E-state index contributed by atoms with van der Waals surface area (Å²) in [5.74, 6) is -1.48. The number of morpholine rings is 1. The second-order valence-electron chi connectivity index (χ2n) is 7.13. The van der Waals surface area contributed by atoms with Gasteiger partial charge in [-0.05, 0) is 32.4 Å². The molecule has 150 valence electrons. The first-order valence-electron chi connectivity index (χ1n) is 9.41. The van der Waals surface area contributed by atoms with Crippen molar-refractivity contribution in [3.63, 3.8) is 0 Å². The largest absolute Gasteiger partial charge is 0.456 e. The van der Waals surface area contributed by atoms with Crippen LogP contribution >= 0.6 is 0 Å². The maximum atomic E-state index is 12.3. The zero-order chi connectivity index (χ0) is 20.3. The standard InChI is InChI=1S/C20H24N2O6/c1-13-10-21(11-14(2)28-13)17(23)12-27-18(24)8-5-9-22-19(25)15-6-3-4-7-16(15)20(22)26/h3-4,6-7,13-14H,5,8-12H2,1-2H3/t13-,14-/m1/s1. The Kier molecular flexibility index (Phi) is 6.08. The number of carbonyl (C=O) groups is 4. The number of benzene rings is 1. The molecular formula is C20H24N2O6. The molecule has 1 aromatic carbocycles. The van der Waals surface area contributed by atoms with Gasteiger partial charge >= 0.3 is 5.97 Å². The van der Waals surface area contributed by atoms with Crippen molar-refractivity contribution in [1.82, 2.24) is 9.80 Å². The number of nitrogens with zero attached hydrogens (tertiary/aromatic N) is 2. The summed E-state index contributed by atoms with van der Waals surface area (Å²) in [7, 11) is 0. The Balaban J connectivity index is 1.40. The minimum Gasteiger partial charge on any atom is -0.456 e. The van der Waals surface area contributed by atoms with Crippen LogP contribution in [0.15, 0.2) is 24.3 Å². The number of hydrogen-bond acceptors (Lipinski definition) is 6. The summed E-state index contributed by atoms with van der Waals surface area (Å²) in [6.45, 7) is 4.54. The van der Waals surface area contributed by atoms with E-state index < -0.39 is 5.97 Å². The predicted molar refractivity (Wildman–Crippen MR) is 98.6 cm³/mol. The average Bonchev–Trinajstić information content (AvgIpc) is 2.90. The fourth-order valence-corrected chi connectivity index (χ4v) is 3.51. The van der Waals surface area contributed by atoms with Crippen molar-refractivity contribution in [2.45, 2.75) is 38.9 Å². The van der Waals surface area contributed by atoms with Crippen LogP contribution in [-0.4, -0.2) is 71.9 Å². The van der Waals surface area contributed by atoms with E-state index in [1.807, 2.05) is 13.8 Å². The lowest BCUT2D eigenvalue weighted by molar-refractivity contribution is -0.157. The molecule has 2 aliphatic heterocycles. The molecule has 0 spiro atoms. The molecule has 0 N–H and O–H groups in total. The molecule has 3 amide bonds. The highest BCUT2D eigenvalue weighted by molar-refractivity contribution is 6.21. The first kappa shape index (κ1) is 20.0. The average molecular weight is 388 g/mol. The van der Waals surface area contributed by atoms with Crippen molar-refractivity contribution in [3.8, 4) is 0 Å². The predicted octanol–water partition coefficient (Wildman–Crippen LogP) is 1.24. The number of amides is 3. The number of imide groups is 1. The third kappa shape index (κ3) is 4.39. The number of esters is 1. The molecule has 0 unspecified atom stereocenters. The summed E-state index contributed by atoms with van der Waals surface area (Å²) < 4.78 is 10.6. The lowest BCUT2D eigenvalue weighted by Crippen LogP contribution is -2.49. The Morgan fingerprint density at radius 3 is 2.21 bits per heavy atom. The van der Waals surface area contributed by atoms with Gasteiger partial charge in [-0.15, -0.1) is 0 Å². The summed E-state index contributed by atoms with van der Waals surface area (Å²) in [5, 5.41) is 0. The third-order valence-corrected chi connectivity index (χ3v) is 4.77. The smallest absolute Gasteiger partial charge is 0.306 e. The molecule has 8 nitrogen and oxygen atoms in total. The number of carbonyl (C=O) groups excluding carboxylic acids is 4. The van der Waals surface area contributed by atoms with Gasteiger partial charge in [0, 0.05) is 26.1 Å².